The van der Waals surface area contributed by atoms with Crippen LogP contribution in [0.1, 0.15) is 40.1 Å². The van der Waals surface area contributed by atoms with Gasteiger partial charge in [-0.2, -0.15) is 5.10 Å². The Morgan fingerprint density at radius 2 is 1.55 bits per heavy atom. The number of esters is 1. The molecule has 0 aliphatic heterocycles. The molecular weight excluding hydrogens is 444 g/mol. The highest BCUT2D eigenvalue weighted by Crippen LogP contribution is 2.29. The largest absolute Gasteiger partial charge is 0.494 e. The molecule has 0 aliphatic carbocycles. The summed E-state index contributed by atoms with van der Waals surface area (Å²) in [4.78, 5) is 24.7. The van der Waals surface area contributed by atoms with Gasteiger partial charge >= 0.3 is 5.97 Å². The number of rotatable bonds is 9. The number of halogens is 1. The number of carbonyl (C=O) groups is 2. The van der Waals surface area contributed by atoms with E-state index in [0.717, 1.165) is 0 Å². The lowest BCUT2D eigenvalue weighted by atomic mass is 10.2. The van der Waals surface area contributed by atoms with E-state index in [1.807, 2.05) is 13.8 Å². The first kappa shape index (κ1) is 23.8. The Kier molecular flexibility index (Phi) is 8.43. The minimum Gasteiger partial charge on any atom is -0.494 e. The minimum atomic E-state index is -0.518. The van der Waals surface area contributed by atoms with Crippen molar-refractivity contribution in [2.45, 2.75) is 13.8 Å². The number of amides is 1. The standard InChI is InChI=1S/C25H23ClN2O5/c1-3-31-21-12-8-19(9-13-21)25(30)33-22-14-5-17(15-23(22)32-4-2)16-27-28-24(29)18-6-10-20(26)11-7-18/h5-16H,3-4H2,1-2H3,(H,28,29). The number of carbonyl (C=O) groups excluding carboxylic acids is 2. The van der Waals surface area contributed by atoms with Gasteiger partial charge < -0.3 is 14.2 Å². The number of hydrazone groups is 1. The molecule has 3 aromatic rings. The van der Waals surface area contributed by atoms with Crippen LogP contribution in [0.25, 0.3) is 0 Å². The SMILES string of the molecule is CCOc1ccc(C(=O)Oc2ccc(C=NNC(=O)c3ccc(Cl)cc3)cc2OCC)cc1. The third kappa shape index (κ3) is 6.82. The van der Waals surface area contributed by atoms with E-state index < -0.39 is 5.97 Å². The van der Waals surface area contributed by atoms with Gasteiger partial charge in [0, 0.05) is 10.6 Å². The number of benzene rings is 3. The summed E-state index contributed by atoms with van der Waals surface area (Å²) in [5.41, 5.74) is 3.92. The van der Waals surface area contributed by atoms with Crippen LogP contribution in [0.5, 0.6) is 17.2 Å². The lowest BCUT2D eigenvalue weighted by Crippen LogP contribution is -2.17. The molecule has 7 nitrogen and oxygen atoms in total. The molecular formula is C25H23ClN2O5. The Labute approximate surface area is 196 Å². The zero-order valence-corrected chi connectivity index (χ0v) is 19.0. The summed E-state index contributed by atoms with van der Waals surface area (Å²) in [7, 11) is 0. The molecule has 170 valence electrons. The molecule has 0 heterocycles. The summed E-state index contributed by atoms with van der Waals surface area (Å²) in [5.74, 6) is 0.447. The van der Waals surface area contributed by atoms with Gasteiger partial charge in [-0.1, -0.05) is 11.6 Å². The highest BCUT2D eigenvalue weighted by atomic mass is 35.5. The maximum atomic E-state index is 12.5. The second-order valence-electron chi connectivity index (χ2n) is 6.69. The summed E-state index contributed by atoms with van der Waals surface area (Å²) in [5, 5.41) is 4.51. The number of hydrogen-bond donors (Lipinski definition) is 1. The molecule has 8 heteroatoms. The van der Waals surface area contributed by atoms with Gasteiger partial charge in [0.25, 0.3) is 5.91 Å². The van der Waals surface area contributed by atoms with Crippen molar-refractivity contribution in [2.75, 3.05) is 13.2 Å². The van der Waals surface area contributed by atoms with Crippen molar-refractivity contribution >= 4 is 29.7 Å². The van der Waals surface area contributed by atoms with Crippen molar-refractivity contribution < 1.29 is 23.8 Å². The minimum absolute atomic E-state index is 0.276. The highest BCUT2D eigenvalue weighted by Gasteiger charge is 2.13. The summed E-state index contributed by atoms with van der Waals surface area (Å²) in [6, 6.07) is 18.1. The predicted molar refractivity (Wildman–Crippen MR) is 127 cm³/mol. The van der Waals surface area contributed by atoms with Gasteiger partial charge in [-0.25, -0.2) is 10.2 Å². The quantitative estimate of drug-likeness (QED) is 0.205. The fourth-order valence-corrected chi connectivity index (χ4v) is 2.93. The van der Waals surface area contributed by atoms with Gasteiger partial charge in [0.05, 0.1) is 25.0 Å². The molecule has 0 atom stereocenters. The summed E-state index contributed by atoms with van der Waals surface area (Å²) < 4.78 is 16.5. The van der Waals surface area contributed by atoms with Crippen LogP contribution in [-0.4, -0.2) is 31.3 Å². The molecule has 0 bridgehead atoms. The average molecular weight is 467 g/mol. The number of nitrogens with zero attached hydrogens (tertiary/aromatic N) is 1. The van der Waals surface area contributed by atoms with Gasteiger partial charge in [0.2, 0.25) is 0 Å². The van der Waals surface area contributed by atoms with Gasteiger partial charge in [-0.3, -0.25) is 4.79 Å². The second kappa shape index (κ2) is 11.7. The fourth-order valence-electron chi connectivity index (χ4n) is 2.80. The molecule has 0 saturated carbocycles. The van der Waals surface area contributed by atoms with Crippen LogP contribution in [0.15, 0.2) is 71.8 Å². The number of ether oxygens (including phenoxy) is 3. The Balaban J connectivity index is 1.67. The van der Waals surface area contributed by atoms with Crippen LogP contribution < -0.4 is 19.6 Å². The topological polar surface area (TPSA) is 86.2 Å². The van der Waals surface area contributed by atoms with E-state index in [4.69, 9.17) is 25.8 Å². The van der Waals surface area contributed by atoms with E-state index in [1.165, 1.54) is 6.21 Å². The van der Waals surface area contributed by atoms with Crippen LogP contribution in [0.4, 0.5) is 0 Å². The average Bonchev–Trinajstić information content (AvgIpc) is 2.82. The third-order valence-corrected chi connectivity index (χ3v) is 4.61. The molecule has 3 aromatic carbocycles. The van der Waals surface area contributed by atoms with Crippen LogP contribution in [0.3, 0.4) is 0 Å². The second-order valence-corrected chi connectivity index (χ2v) is 7.13. The molecule has 0 fully saturated rings. The molecule has 0 saturated heterocycles. The van der Waals surface area contributed by atoms with E-state index in [9.17, 15) is 9.59 Å². The third-order valence-electron chi connectivity index (χ3n) is 4.36. The van der Waals surface area contributed by atoms with Crippen molar-refractivity contribution in [3.63, 3.8) is 0 Å². The molecule has 1 amide bonds. The first-order valence-corrected chi connectivity index (χ1v) is 10.7. The normalized spacial score (nSPS) is 10.6. The number of hydrogen-bond acceptors (Lipinski definition) is 6. The molecule has 0 spiro atoms. The van der Waals surface area contributed by atoms with Gasteiger partial charge in [0.1, 0.15) is 5.75 Å². The Hall–Kier alpha value is -3.84. The van der Waals surface area contributed by atoms with Crippen molar-refractivity contribution in [1.29, 1.82) is 0 Å². The highest BCUT2D eigenvalue weighted by molar-refractivity contribution is 6.30. The van der Waals surface area contributed by atoms with Crippen LogP contribution in [0.2, 0.25) is 5.02 Å². The Bertz CT molecular complexity index is 1130. The van der Waals surface area contributed by atoms with Crippen molar-refractivity contribution in [1.82, 2.24) is 5.43 Å². The zero-order valence-electron chi connectivity index (χ0n) is 18.2. The molecule has 0 unspecified atom stereocenters. The maximum absolute atomic E-state index is 12.5. The fraction of sp³-hybridized carbons (Fsp3) is 0.160. The predicted octanol–water partition coefficient (Wildman–Crippen LogP) is 5.12. The maximum Gasteiger partial charge on any atom is 0.343 e. The van der Waals surface area contributed by atoms with Crippen LogP contribution in [-0.2, 0) is 0 Å². The molecule has 3 rings (SSSR count). The van der Waals surface area contributed by atoms with Crippen molar-refractivity contribution in [3.8, 4) is 17.2 Å². The van der Waals surface area contributed by atoms with Crippen LogP contribution >= 0.6 is 11.6 Å². The van der Waals surface area contributed by atoms with Crippen molar-refractivity contribution in [3.05, 3.63) is 88.4 Å². The number of nitrogens with one attached hydrogen (secondary N) is 1. The van der Waals surface area contributed by atoms with E-state index in [-0.39, 0.29) is 11.7 Å². The Morgan fingerprint density at radius 3 is 2.21 bits per heavy atom. The lowest BCUT2D eigenvalue weighted by molar-refractivity contribution is 0.0728. The van der Waals surface area contributed by atoms with Gasteiger partial charge in [0.15, 0.2) is 11.5 Å². The molecule has 0 aliphatic rings. The van der Waals surface area contributed by atoms with E-state index in [2.05, 4.69) is 10.5 Å². The first-order chi connectivity index (χ1) is 16.0. The van der Waals surface area contributed by atoms with Crippen LogP contribution in [0, 0.1) is 0 Å². The lowest BCUT2D eigenvalue weighted by Gasteiger charge is -2.11. The van der Waals surface area contributed by atoms with E-state index in [0.29, 0.717) is 46.4 Å². The summed E-state index contributed by atoms with van der Waals surface area (Å²) >= 11 is 5.83. The van der Waals surface area contributed by atoms with Gasteiger partial charge in [-0.15, -0.1) is 0 Å². The molecule has 0 radical (unpaired) electrons. The van der Waals surface area contributed by atoms with Gasteiger partial charge in [-0.05, 0) is 86.1 Å². The van der Waals surface area contributed by atoms with E-state index >= 15 is 0 Å². The van der Waals surface area contributed by atoms with Crippen molar-refractivity contribution in [2.24, 2.45) is 5.10 Å². The molecule has 33 heavy (non-hydrogen) atoms. The smallest absolute Gasteiger partial charge is 0.343 e. The van der Waals surface area contributed by atoms with E-state index in [1.54, 1.807) is 66.7 Å². The Morgan fingerprint density at radius 1 is 0.879 bits per heavy atom. The summed E-state index contributed by atoms with van der Waals surface area (Å²) in [6.45, 7) is 4.63. The first-order valence-electron chi connectivity index (χ1n) is 10.3. The molecule has 1 N–H and O–H groups in total. The molecule has 0 aromatic heterocycles. The zero-order chi connectivity index (χ0) is 23.6. The summed E-state index contributed by atoms with van der Waals surface area (Å²) in [6.07, 6.45) is 1.47. The monoisotopic (exact) mass is 466 g/mol.